The van der Waals surface area contributed by atoms with Crippen molar-refractivity contribution in [1.29, 1.82) is 0 Å². The zero-order valence-electron chi connectivity index (χ0n) is 8.53. The quantitative estimate of drug-likeness (QED) is 0.561. The molecule has 0 aromatic carbocycles. The van der Waals surface area contributed by atoms with Gasteiger partial charge >= 0.3 is 0 Å². The molecule has 0 saturated heterocycles. The molecular formula is C10H24Si. The van der Waals surface area contributed by atoms with E-state index >= 15 is 0 Å². The van der Waals surface area contributed by atoms with Gasteiger partial charge in [-0.15, -0.1) is 0 Å². The van der Waals surface area contributed by atoms with Gasteiger partial charge in [-0.2, -0.15) is 0 Å². The molecule has 11 heavy (non-hydrogen) atoms. The van der Waals surface area contributed by atoms with E-state index < -0.39 is 0 Å². The third-order valence-corrected chi connectivity index (χ3v) is 3.82. The van der Waals surface area contributed by atoms with Crippen LogP contribution in [0.5, 0.6) is 0 Å². The average molecular weight is 172 g/mol. The highest BCUT2D eigenvalue weighted by Crippen LogP contribution is 2.25. The van der Waals surface area contributed by atoms with Crippen LogP contribution in [0.1, 0.15) is 46.0 Å². The Bertz CT molecular complexity index is 62.5. The summed E-state index contributed by atoms with van der Waals surface area (Å²) in [5.41, 5.74) is 0. The van der Waals surface area contributed by atoms with E-state index in [-0.39, 0.29) is 0 Å². The summed E-state index contributed by atoms with van der Waals surface area (Å²) in [6.45, 7) is 6.44. The minimum Gasteiger partial charge on any atom is -0.0748 e. The molecule has 0 bridgehead atoms. The fourth-order valence-corrected chi connectivity index (χ4v) is 3.28. The molecule has 0 aromatic rings. The maximum atomic E-state index is 2.44. The molecular weight excluding hydrogens is 148 g/mol. The Morgan fingerprint density at radius 1 is 1.09 bits per heavy atom. The van der Waals surface area contributed by atoms with Gasteiger partial charge in [0.25, 0.3) is 0 Å². The van der Waals surface area contributed by atoms with E-state index in [1.807, 2.05) is 13.8 Å². The monoisotopic (exact) mass is 172 g/mol. The van der Waals surface area contributed by atoms with Crippen LogP contribution in [0.2, 0.25) is 12.6 Å². The average Bonchev–Trinajstić information content (AvgIpc) is 2.11. The lowest BCUT2D eigenvalue weighted by molar-refractivity contribution is 0.384. The lowest BCUT2D eigenvalue weighted by Gasteiger charge is -2.20. The summed E-state index contributed by atoms with van der Waals surface area (Å²) < 4.78 is 0. The summed E-state index contributed by atoms with van der Waals surface area (Å²) in [5, 5.41) is 0. The minimum atomic E-state index is 0.369. The maximum Gasteiger partial charge on any atom is 0.0169 e. The Hall–Kier alpha value is 0.217. The molecule has 1 rings (SSSR count). The van der Waals surface area contributed by atoms with Gasteiger partial charge in [-0.1, -0.05) is 58.5 Å². The van der Waals surface area contributed by atoms with Crippen molar-refractivity contribution in [2.75, 3.05) is 0 Å². The van der Waals surface area contributed by atoms with E-state index in [0.29, 0.717) is 9.52 Å². The van der Waals surface area contributed by atoms with Crippen LogP contribution in [0.25, 0.3) is 0 Å². The SMILES string of the molecule is CC.C[SiH2]CC1CCCCC1. The standard InChI is InChI=1S/C8H18Si.C2H6/c1-9-7-8-5-3-2-4-6-8;1-2/h8H,2-7,9H2,1H3;1-2H3. The molecule has 1 heteroatoms. The Balaban J connectivity index is 0.000000461. The van der Waals surface area contributed by atoms with E-state index in [2.05, 4.69) is 6.55 Å². The first kappa shape index (κ1) is 11.2. The molecule has 0 unspecified atom stereocenters. The highest BCUT2D eigenvalue weighted by Gasteiger charge is 2.11. The summed E-state index contributed by atoms with van der Waals surface area (Å²) >= 11 is 0. The van der Waals surface area contributed by atoms with Crippen LogP contribution in [0.15, 0.2) is 0 Å². The first-order valence-corrected chi connectivity index (χ1v) is 7.85. The molecule has 0 aromatic heterocycles. The van der Waals surface area contributed by atoms with E-state index in [9.17, 15) is 0 Å². The Morgan fingerprint density at radius 2 is 1.64 bits per heavy atom. The van der Waals surface area contributed by atoms with E-state index in [4.69, 9.17) is 0 Å². The second kappa shape index (κ2) is 8.31. The molecule has 68 valence electrons. The van der Waals surface area contributed by atoms with E-state index in [0.717, 1.165) is 5.92 Å². The van der Waals surface area contributed by atoms with Crippen molar-refractivity contribution in [3.8, 4) is 0 Å². The number of hydrogen-bond acceptors (Lipinski definition) is 0. The summed E-state index contributed by atoms with van der Waals surface area (Å²) in [6.07, 6.45) is 7.68. The maximum absolute atomic E-state index is 2.44. The van der Waals surface area contributed by atoms with E-state index in [1.165, 1.54) is 19.3 Å². The van der Waals surface area contributed by atoms with Crippen molar-refractivity contribution >= 4 is 9.52 Å². The lowest BCUT2D eigenvalue weighted by Crippen LogP contribution is -2.06. The van der Waals surface area contributed by atoms with Gasteiger partial charge in [0, 0.05) is 9.52 Å². The third kappa shape index (κ3) is 5.48. The Labute approximate surface area is 74.6 Å². The minimum absolute atomic E-state index is 0.369. The van der Waals surface area contributed by atoms with Crippen molar-refractivity contribution in [3.05, 3.63) is 0 Å². The van der Waals surface area contributed by atoms with Crippen molar-refractivity contribution in [2.45, 2.75) is 58.5 Å². The van der Waals surface area contributed by atoms with Crippen LogP contribution in [0, 0.1) is 5.92 Å². The predicted octanol–water partition coefficient (Wildman–Crippen LogP) is 3.23. The molecule has 1 aliphatic rings. The summed E-state index contributed by atoms with van der Waals surface area (Å²) in [6, 6.07) is 1.62. The van der Waals surface area contributed by atoms with Crippen LogP contribution >= 0.6 is 0 Å². The zero-order valence-corrected chi connectivity index (χ0v) is 9.94. The summed E-state index contributed by atoms with van der Waals surface area (Å²) in [5.74, 6) is 1.16. The summed E-state index contributed by atoms with van der Waals surface area (Å²) in [4.78, 5) is 0. The van der Waals surface area contributed by atoms with Gasteiger partial charge in [0.2, 0.25) is 0 Å². The molecule has 0 radical (unpaired) electrons. The fraction of sp³-hybridized carbons (Fsp3) is 1.00. The van der Waals surface area contributed by atoms with Crippen LogP contribution in [0.4, 0.5) is 0 Å². The van der Waals surface area contributed by atoms with Gasteiger partial charge in [0.05, 0.1) is 0 Å². The molecule has 0 atom stereocenters. The highest BCUT2D eigenvalue weighted by molar-refractivity contribution is 6.33. The van der Waals surface area contributed by atoms with Crippen LogP contribution in [-0.4, -0.2) is 9.52 Å². The van der Waals surface area contributed by atoms with Crippen molar-refractivity contribution in [2.24, 2.45) is 5.92 Å². The van der Waals surface area contributed by atoms with Gasteiger partial charge in [-0.25, -0.2) is 0 Å². The first-order chi connectivity index (χ1) is 5.43. The van der Waals surface area contributed by atoms with Crippen molar-refractivity contribution < 1.29 is 0 Å². The third-order valence-electron chi connectivity index (χ3n) is 2.42. The molecule has 1 fully saturated rings. The van der Waals surface area contributed by atoms with Crippen molar-refractivity contribution in [3.63, 3.8) is 0 Å². The molecule has 0 amide bonds. The molecule has 0 nitrogen and oxygen atoms in total. The zero-order chi connectivity index (χ0) is 8.53. The first-order valence-electron chi connectivity index (χ1n) is 5.43. The topological polar surface area (TPSA) is 0 Å². The molecule has 1 aliphatic carbocycles. The predicted molar refractivity (Wildman–Crippen MR) is 57.1 cm³/mol. The largest absolute Gasteiger partial charge is 0.0748 e. The lowest BCUT2D eigenvalue weighted by atomic mass is 9.91. The summed E-state index contributed by atoms with van der Waals surface area (Å²) in [7, 11) is 0.369. The normalized spacial score (nSPS) is 19.9. The fourth-order valence-electron chi connectivity index (χ4n) is 1.88. The van der Waals surface area contributed by atoms with Gasteiger partial charge < -0.3 is 0 Å². The van der Waals surface area contributed by atoms with E-state index in [1.54, 1.807) is 18.9 Å². The van der Waals surface area contributed by atoms with Crippen LogP contribution in [0.3, 0.4) is 0 Å². The Kier molecular flexibility index (Phi) is 8.48. The van der Waals surface area contributed by atoms with Crippen LogP contribution in [-0.2, 0) is 0 Å². The highest BCUT2D eigenvalue weighted by atomic mass is 28.2. The van der Waals surface area contributed by atoms with Gasteiger partial charge in [-0.3, -0.25) is 0 Å². The van der Waals surface area contributed by atoms with Crippen LogP contribution < -0.4 is 0 Å². The number of hydrogen-bond donors (Lipinski definition) is 0. The van der Waals surface area contributed by atoms with Gasteiger partial charge in [-0.05, 0) is 5.92 Å². The molecule has 0 N–H and O–H groups in total. The molecule has 1 saturated carbocycles. The Morgan fingerprint density at radius 3 is 2.09 bits per heavy atom. The van der Waals surface area contributed by atoms with Crippen molar-refractivity contribution in [1.82, 2.24) is 0 Å². The molecule has 0 heterocycles. The second-order valence-corrected chi connectivity index (χ2v) is 4.87. The second-order valence-electron chi connectivity index (χ2n) is 3.29. The smallest absolute Gasteiger partial charge is 0.0169 e. The number of rotatable bonds is 2. The van der Waals surface area contributed by atoms with Gasteiger partial charge in [0.15, 0.2) is 0 Å². The van der Waals surface area contributed by atoms with Gasteiger partial charge in [0.1, 0.15) is 0 Å². The molecule has 0 spiro atoms. The molecule has 0 aliphatic heterocycles.